The number of hydrogen-bond acceptors (Lipinski definition) is 5. The second-order valence-corrected chi connectivity index (χ2v) is 7.03. The van der Waals surface area contributed by atoms with E-state index in [0.717, 1.165) is 19.6 Å². The highest BCUT2D eigenvalue weighted by Crippen LogP contribution is 2.38. The molecule has 0 saturated carbocycles. The molecule has 7 nitrogen and oxygen atoms in total. The number of hydrogen-bond donors (Lipinski definition) is 1. The molecule has 4 rings (SSSR count). The molecule has 3 aliphatic rings. The maximum Gasteiger partial charge on any atom is 0.414 e. The summed E-state index contributed by atoms with van der Waals surface area (Å²) in [7, 11) is 0. The Morgan fingerprint density at radius 3 is 2.96 bits per heavy atom. The van der Waals surface area contributed by atoms with E-state index in [4.69, 9.17) is 9.47 Å². The third kappa shape index (κ3) is 3.09. The molecule has 140 valence electrons. The van der Waals surface area contributed by atoms with Crippen LogP contribution in [0.3, 0.4) is 0 Å². The van der Waals surface area contributed by atoms with Crippen molar-refractivity contribution in [3.05, 3.63) is 24.0 Å². The summed E-state index contributed by atoms with van der Waals surface area (Å²) < 4.78 is 25.4. The molecule has 0 aliphatic carbocycles. The summed E-state index contributed by atoms with van der Waals surface area (Å²) in [5, 5.41) is 2.62. The number of rotatable bonds is 4. The zero-order chi connectivity index (χ0) is 18.3. The molecular weight excluding hydrogens is 341 g/mol. The molecule has 26 heavy (non-hydrogen) atoms. The van der Waals surface area contributed by atoms with Crippen LogP contribution in [0.25, 0.3) is 0 Å². The normalized spacial score (nSPS) is 27.6. The van der Waals surface area contributed by atoms with Gasteiger partial charge in [-0.2, -0.15) is 0 Å². The minimum Gasteiger partial charge on any atom is -0.442 e. The van der Waals surface area contributed by atoms with Gasteiger partial charge in [0.25, 0.3) is 0 Å². The highest BCUT2D eigenvalue weighted by molar-refractivity contribution is 5.90. The highest BCUT2D eigenvalue weighted by atomic mass is 19.1. The fraction of sp³-hybridized carbons (Fsp3) is 0.556. The quantitative estimate of drug-likeness (QED) is 0.878. The Morgan fingerprint density at radius 1 is 1.38 bits per heavy atom. The number of anilines is 2. The number of ether oxygens (including phenoxy) is 2. The average molecular weight is 363 g/mol. The fourth-order valence-electron chi connectivity index (χ4n) is 3.89. The Labute approximate surface area is 151 Å². The first kappa shape index (κ1) is 17.1. The lowest BCUT2D eigenvalue weighted by molar-refractivity contribution is -0.119. The van der Waals surface area contributed by atoms with Gasteiger partial charge in [-0.05, 0) is 24.6 Å². The molecule has 3 heterocycles. The number of halogens is 1. The molecule has 0 radical (unpaired) electrons. The van der Waals surface area contributed by atoms with Crippen LogP contribution in [0.15, 0.2) is 18.2 Å². The van der Waals surface area contributed by atoms with Crippen molar-refractivity contribution >= 4 is 23.4 Å². The van der Waals surface area contributed by atoms with Crippen LogP contribution in [-0.4, -0.2) is 57.0 Å². The number of nitrogens with one attached hydrogen (secondary N) is 1. The summed E-state index contributed by atoms with van der Waals surface area (Å²) in [6.07, 6.45) is -0.0525. The van der Waals surface area contributed by atoms with Crippen molar-refractivity contribution in [1.29, 1.82) is 0 Å². The standard InChI is InChI=1S/C18H22FN3O4/c1-11(23)20-7-14-9-21(18(24)26-14)13-2-3-17(15(19)6-13)22-8-12-10-25-5-4-16(12)22/h2-3,6,12,14,16H,4-5,7-10H2,1H3,(H,20,23). The van der Waals surface area contributed by atoms with Crippen molar-refractivity contribution in [2.24, 2.45) is 5.92 Å². The molecule has 2 amide bonds. The van der Waals surface area contributed by atoms with Gasteiger partial charge in [-0.3, -0.25) is 9.69 Å². The first-order chi connectivity index (χ1) is 12.5. The van der Waals surface area contributed by atoms with Gasteiger partial charge in [0, 0.05) is 32.0 Å². The fourth-order valence-corrected chi connectivity index (χ4v) is 3.89. The van der Waals surface area contributed by atoms with E-state index in [9.17, 15) is 14.0 Å². The van der Waals surface area contributed by atoms with Gasteiger partial charge in [0.15, 0.2) is 0 Å². The molecule has 3 atom stereocenters. The smallest absolute Gasteiger partial charge is 0.414 e. The number of benzene rings is 1. The summed E-state index contributed by atoms with van der Waals surface area (Å²) in [5.41, 5.74) is 1.03. The van der Waals surface area contributed by atoms with Gasteiger partial charge in [0.2, 0.25) is 5.91 Å². The minimum absolute atomic E-state index is 0.184. The van der Waals surface area contributed by atoms with Gasteiger partial charge in [0.05, 0.1) is 31.1 Å². The molecule has 0 spiro atoms. The first-order valence-corrected chi connectivity index (χ1v) is 8.89. The summed E-state index contributed by atoms with van der Waals surface area (Å²) >= 11 is 0. The second kappa shape index (κ2) is 6.75. The van der Waals surface area contributed by atoms with Gasteiger partial charge in [-0.1, -0.05) is 0 Å². The first-order valence-electron chi connectivity index (χ1n) is 8.89. The minimum atomic E-state index is -0.527. The second-order valence-electron chi connectivity index (χ2n) is 7.03. The van der Waals surface area contributed by atoms with E-state index in [1.54, 1.807) is 12.1 Å². The molecule has 3 saturated heterocycles. The van der Waals surface area contributed by atoms with Gasteiger partial charge >= 0.3 is 6.09 Å². The largest absolute Gasteiger partial charge is 0.442 e. The van der Waals surface area contributed by atoms with E-state index in [0.29, 0.717) is 29.9 Å². The van der Waals surface area contributed by atoms with Gasteiger partial charge < -0.3 is 19.7 Å². The lowest BCUT2D eigenvalue weighted by Crippen LogP contribution is -2.60. The number of amides is 2. The Bertz CT molecular complexity index is 728. The van der Waals surface area contributed by atoms with E-state index in [1.165, 1.54) is 17.9 Å². The van der Waals surface area contributed by atoms with Gasteiger partial charge in [0.1, 0.15) is 11.9 Å². The number of fused-ring (bicyclic) bond motifs is 1. The van der Waals surface area contributed by atoms with Crippen molar-refractivity contribution in [2.75, 3.05) is 42.6 Å². The summed E-state index contributed by atoms with van der Waals surface area (Å²) in [6.45, 7) is 4.19. The number of carbonyl (C=O) groups is 2. The van der Waals surface area contributed by atoms with Gasteiger partial charge in [-0.25, -0.2) is 9.18 Å². The molecule has 3 aliphatic heterocycles. The molecule has 1 aromatic rings. The summed E-state index contributed by atoms with van der Waals surface area (Å²) in [5.74, 6) is -0.0488. The zero-order valence-electron chi connectivity index (χ0n) is 14.6. The van der Waals surface area contributed by atoms with Crippen molar-refractivity contribution in [3.63, 3.8) is 0 Å². The van der Waals surface area contributed by atoms with Crippen LogP contribution in [0.1, 0.15) is 13.3 Å². The van der Waals surface area contributed by atoms with Crippen LogP contribution in [0.4, 0.5) is 20.6 Å². The molecule has 3 fully saturated rings. The molecule has 0 bridgehead atoms. The molecule has 1 N–H and O–H groups in total. The topological polar surface area (TPSA) is 71.1 Å². The van der Waals surface area contributed by atoms with E-state index in [2.05, 4.69) is 10.2 Å². The van der Waals surface area contributed by atoms with Crippen LogP contribution < -0.4 is 15.1 Å². The van der Waals surface area contributed by atoms with E-state index < -0.39 is 12.2 Å². The van der Waals surface area contributed by atoms with E-state index in [-0.39, 0.29) is 24.8 Å². The van der Waals surface area contributed by atoms with Crippen LogP contribution in [0.2, 0.25) is 0 Å². The Kier molecular flexibility index (Phi) is 4.44. The maximum atomic E-state index is 14.7. The molecule has 0 aromatic heterocycles. The molecule has 8 heteroatoms. The predicted molar refractivity (Wildman–Crippen MR) is 92.8 cm³/mol. The van der Waals surface area contributed by atoms with E-state index >= 15 is 0 Å². The predicted octanol–water partition coefficient (Wildman–Crippen LogP) is 1.51. The highest BCUT2D eigenvalue weighted by Gasteiger charge is 2.42. The third-order valence-electron chi connectivity index (χ3n) is 5.27. The maximum absolute atomic E-state index is 14.7. The lowest BCUT2D eigenvalue weighted by atomic mass is 9.84. The van der Waals surface area contributed by atoms with Crippen LogP contribution in [0, 0.1) is 11.7 Å². The number of nitrogens with zero attached hydrogens (tertiary/aromatic N) is 2. The third-order valence-corrected chi connectivity index (χ3v) is 5.27. The Hall–Kier alpha value is -2.35. The van der Waals surface area contributed by atoms with Crippen LogP contribution >= 0.6 is 0 Å². The van der Waals surface area contributed by atoms with Crippen LogP contribution in [-0.2, 0) is 14.3 Å². The van der Waals surface area contributed by atoms with Crippen molar-refractivity contribution < 1.29 is 23.5 Å². The Morgan fingerprint density at radius 2 is 2.23 bits per heavy atom. The van der Waals surface area contributed by atoms with Gasteiger partial charge in [-0.15, -0.1) is 0 Å². The molecule has 3 unspecified atom stereocenters. The summed E-state index contributed by atoms with van der Waals surface area (Å²) in [6, 6.07) is 5.19. The Balaban J connectivity index is 1.44. The SMILES string of the molecule is CC(=O)NCC1CN(c2ccc(N3CC4COCCC43)c(F)c2)C(=O)O1. The summed E-state index contributed by atoms with van der Waals surface area (Å²) in [4.78, 5) is 26.5. The average Bonchev–Trinajstić information content (AvgIpc) is 2.96. The van der Waals surface area contributed by atoms with Crippen molar-refractivity contribution in [1.82, 2.24) is 5.32 Å². The zero-order valence-corrected chi connectivity index (χ0v) is 14.6. The molecular formula is C18H22FN3O4. The monoisotopic (exact) mass is 363 g/mol. The van der Waals surface area contributed by atoms with Crippen molar-refractivity contribution in [3.8, 4) is 0 Å². The van der Waals surface area contributed by atoms with E-state index in [1.807, 2.05) is 0 Å². The molecule has 1 aromatic carbocycles. The number of cyclic esters (lactones) is 1. The number of carbonyl (C=O) groups excluding carboxylic acids is 2. The van der Waals surface area contributed by atoms with Crippen molar-refractivity contribution in [2.45, 2.75) is 25.5 Å². The van der Waals surface area contributed by atoms with Crippen LogP contribution in [0.5, 0.6) is 0 Å². The lowest BCUT2D eigenvalue weighted by Gasteiger charge is -2.52.